The minimum Gasteiger partial charge on any atom is -0.384 e. The highest BCUT2D eigenvalue weighted by molar-refractivity contribution is 5.94. The van der Waals surface area contributed by atoms with Gasteiger partial charge in [0.25, 0.3) is 5.91 Å². The van der Waals surface area contributed by atoms with Gasteiger partial charge in [-0.05, 0) is 43.2 Å². The van der Waals surface area contributed by atoms with E-state index in [1.54, 1.807) is 19.5 Å². The van der Waals surface area contributed by atoms with E-state index in [0.717, 1.165) is 57.7 Å². The number of carbonyl (C=O) groups excluding carboxylic acids is 1. The number of aryl methyl sites for hydroxylation is 1. The van der Waals surface area contributed by atoms with Crippen molar-refractivity contribution in [2.45, 2.75) is 26.2 Å². The number of hydrogen-bond donors (Lipinski definition) is 0. The molecule has 3 rings (SSSR count). The van der Waals surface area contributed by atoms with Gasteiger partial charge in [0, 0.05) is 45.1 Å². The van der Waals surface area contributed by atoms with E-state index in [1.165, 1.54) is 0 Å². The number of nitrogens with zero attached hydrogens (tertiary/aromatic N) is 2. The van der Waals surface area contributed by atoms with Crippen molar-refractivity contribution >= 4 is 5.91 Å². The number of pyridine rings is 1. The zero-order chi connectivity index (χ0) is 16.3. The normalized spacial score (nSPS) is 23.9. The molecule has 23 heavy (non-hydrogen) atoms. The highest BCUT2D eigenvalue weighted by Gasteiger charge is 2.44. The maximum absolute atomic E-state index is 12.7. The van der Waals surface area contributed by atoms with Crippen molar-refractivity contribution in [3.63, 3.8) is 0 Å². The van der Waals surface area contributed by atoms with Gasteiger partial charge >= 0.3 is 0 Å². The average Bonchev–Trinajstić information content (AvgIpc) is 2.57. The van der Waals surface area contributed by atoms with Crippen LogP contribution in [0.25, 0.3) is 0 Å². The smallest absolute Gasteiger partial charge is 0.255 e. The summed E-state index contributed by atoms with van der Waals surface area (Å²) in [6.07, 6.45) is 6.60. The molecule has 2 aliphatic heterocycles. The summed E-state index contributed by atoms with van der Waals surface area (Å²) in [4.78, 5) is 18.8. The first-order valence-corrected chi connectivity index (χ1v) is 8.42. The summed E-state index contributed by atoms with van der Waals surface area (Å²) in [5, 5.41) is 0. The van der Waals surface area contributed by atoms with Crippen LogP contribution < -0.4 is 0 Å². The van der Waals surface area contributed by atoms with Gasteiger partial charge in [-0.3, -0.25) is 9.78 Å². The lowest BCUT2D eigenvalue weighted by molar-refractivity contribution is -0.0912. The van der Waals surface area contributed by atoms with Crippen molar-refractivity contribution in [1.29, 1.82) is 0 Å². The van der Waals surface area contributed by atoms with Gasteiger partial charge in [-0.15, -0.1) is 0 Å². The van der Waals surface area contributed by atoms with E-state index in [1.807, 2.05) is 17.9 Å². The van der Waals surface area contributed by atoms with E-state index < -0.39 is 0 Å². The number of hydrogen-bond acceptors (Lipinski definition) is 4. The Balaban J connectivity index is 1.66. The van der Waals surface area contributed by atoms with E-state index in [4.69, 9.17) is 9.47 Å². The van der Waals surface area contributed by atoms with Gasteiger partial charge in [-0.25, -0.2) is 0 Å². The van der Waals surface area contributed by atoms with Crippen LogP contribution in [-0.2, 0) is 9.47 Å². The second kappa shape index (κ2) is 6.97. The number of rotatable bonds is 3. The highest BCUT2D eigenvalue weighted by atomic mass is 16.5. The molecular weight excluding hydrogens is 292 g/mol. The van der Waals surface area contributed by atoms with E-state index in [0.29, 0.717) is 11.5 Å². The second-order valence-electron chi connectivity index (χ2n) is 6.88. The molecule has 0 saturated carbocycles. The molecule has 126 valence electrons. The van der Waals surface area contributed by atoms with Crippen LogP contribution in [0.2, 0.25) is 0 Å². The SMILES string of the molecule is COC[C@H]1COCCC12CCN(C(=O)c1cncc(C)c1)CC2. The molecule has 1 aromatic rings. The summed E-state index contributed by atoms with van der Waals surface area (Å²) >= 11 is 0. The predicted molar refractivity (Wildman–Crippen MR) is 87.3 cm³/mol. The Bertz CT molecular complexity index is 551. The first kappa shape index (κ1) is 16.4. The maximum Gasteiger partial charge on any atom is 0.255 e. The van der Waals surface area contributed by atoms with E-state index in [2.05, 4.69) is 4.98 Å². The minimum absolute atomic E-state index is 0.103. The Morgan fingerprint density at radius 1 is 1.39 bits per heavy atom. The molecule has 1 atom stereocenters. The Hall–Kier alpha value is -1.46. The first-order valence-electron chi connectivity index (χ1n) is 8.42. The topological polar surface area (TPSA) is 51.7 Å². The summed E-state index contributed by atoms with van der Waals surface area (Å²) in [5.41, 5.74) is 1.99. The van der Waals surface area contributed by atoms with Crippen molar-refractivity contribution in [3.05, 3.63) is 29.6 Å². The van der Waals surface area contributed by atoms with Crippen molar-refractivity contribution in [2.24, 2.45) is 11.3 Å². The highest BCUT2D eigenvalue weighted by Crippen LogP contribution is 2.44. The lowest BCUT2D eigenvalue weighted by atomic mass is 9.66. The van der Waals surface area contributed by atoms with Crippen LogP contribution >= 0.6 is 0 Å². The van der Waals surface area contributed by atoms with Crippen LogP contribution in [0.1, 0.15) is 35.2 Å². The summed E-state index contributed by atoms with van der Waals surface area (Å²) in [7, 11) is 1.76. The summed E-state index contributed by atoms with van der Waals surface area (Å²) in [6, 6.07) is 1.92. The fraction of sp³-hybridized carbons (Fsp3) is 0.667. The van der Waals surface area contributed by atoms with Crippen LogP contribution in [-0.4, -0.2) is 55.8 Å². The van der Waals surface area contributed by atoms with E-state index in [9.17, 15) is 4.79 Å². The molecule has 5 nitrogen and oxygen atoms in total. The van der Waals surface area contributed by atoms with Crippen molar-refractivity contribution in [3.8, 4) is 0 Å². The van der Waals surface area contributed by atoms with E-state index >= 15 is 0 Å². The molecule has 2 saturated heterocycles. The Kier molecular flexibility index (Phi) is 4.97. The number of methoxy groups -OCH3 is 1. The van der Waals surface area contributed by atoms with Gasteiger partial charge in [0.1, 0.15) is 0 Å². The fourth-order valence-corrected chi connectivity index (χ4v) is 3.98. The van der Waals surface area contributed by atoms with Crippen LogP contribution in [0.5, 0.6) is 0 Å². The molecular formula is C18H26N2O3. The van der Waals surface area contributed by atoms with Crippen molar-refractivity contribution in [2.75, 3.05) is 40.0 Å². The Morgan fingerprint density at radius 3 is 2.87 bits per heavy atom. The van der Waals surface area contributed by atoms with Crippen LogP contribution in [0.3, 0.4) is 0 Å². The summed E-state index contributed by atoms with van der Waals surface area (Å²) in [5.74, 6) is 0.547. The lowest BCUT2D eigenvalue weighted by Gasteiger charge is -2.48. The fourth-order valence-electron chi connectivity index (χ4n) is 3.98. The van der Waals surface area contributed by atoms with Crippen molar-refractivity contribution in [1.82, 2.24) is 9.88 Å². The van der Waals surface area contributed by atoms with E-state index in [-0.39, 0.29) is 11.3 Å². The van der Waals surface area contributed by atoms with Gasteiger partial charge in [0.05, 0.1) is 18.8 Å². The molecule has 5 heteroatoms. The second-order valence-corrected chi connectivity index (χ2v) is 6.88. The third-order valence-corrected chi connectivity index (χ3v) is 5.47. The van der Waals surface area contributed by atoms with Gasteiger partial charge in [-0.1, -0.05) is 0 Å². The molecule has 1 aromatic heterocycles. The molecule has 0 aromatic carbocycles. The number of piperidine rings is 1. The van der Waals surface area contributed by atoms with Crippen LogP contribution in [0.4, 0.5) is 0 Å². The Morgan fingerprint density at radius 2 is 2.17 bits per heavy atom. The monoisotopic (exact) mass is 318 g/mol. The van der Waals surface area contributed by atoms with Crippen LogP contribution in [0.15, 0.2) is 18.5 Å². The molecule has 0 radical (unpaired) electrons. The van der Waals surface area contributed by atoms with Gasteiger partial charge in [0.15, 0.2) is 0 Å². The van der Waals surface area contributed by atoms with Crippen molar-refractivity contribution < 1.29 is 14.3 Å². The first-order chi connectivity index (χ1) is 11.1. The third-order valence-electron chi connectivity index (χ3n) is 5.47. The lowest BCUT2D eigenvalue weighted by Crippen LogP contribution is -2.50. The zero-order valence-corrected chi connectivity index (χ0v) is 14.1. The minimum atomic E-state index is 0.103. The predicted octanol–water partition coefficient (Wildman–Crippen LogP) is 2.30. The molecule has 2 aliphatic rings. The molecule has 0 N–H and O–H groups in total. The van der Waals surface area contributed by atoms with Gasteiger partial charge in [0.2, 0.25) is 0 Å². The molecule has 1 amide bonds. The number of likely N-dealkylation sites (tertiary alicyclic amines) is 1. The molecule has 0 bridgehead atoms. The molecule has 0 unspecified atom stereocenters. The third kappa shape index (κ3) is 3.40. The van der Waals surface area contributed by atoms with Gasteiger partial charge < -0.3 is 14.4 Å². The number of aromatic nitrogens is 1. The largest absolute Gasteiger partial charge is 0.384 e. The molecule has 2 fully saturated rings. The average molecular weight is 318 g/mol. The maximum atomic E-state index is 12.7. The summed E-state index contributed by atoms with van der Waals surface area (Å²) < 4.78 is 11.0. The number of ether oxygens (including phenoxy) is 2. The molecule has 0 aliphatic carbocycles. The summed E-state index contributed by atoms with van der Waals surface area (Å²) in [6.45, 7) is 5.95. The standard InChI is InChI=1S/C18H26N2O3/c1-14-9-15(11-19-10-14)17(21)20-6-3-18(4-7-20)5-8-23-13-16(18)12-22-2/h9-11,16H,3-8,12-13H2,1-2H3/t16-/m0/s1. The van der Waals surface area contributed by atoms with Gasteiger partial charge in [-0.2, -0.15) is 0 Å². The van der Waals surface area contributed by atoms with Crippen LogP contribution in [0, 0.1) is 18.3 Å². The molecule has 3 heterocycles. The quantitative estimate of drug-likeness (QED) is 0.858. The molecule has 1 spiro atoms. The number of amides is 1. The number of carbonyl (C=O) groups is 1. The Labute approximate surface area is 138 Å². The zero-order valence-electron chi connectivity index (χ0n) is 14.1.